The highest BCUT2D eigenvalue weighted by atomic mass is 16.5. The quantitative estimate of drug-likeness (QED) is 0.616. The standard InChI is InChI=1S/C23H24N2O4/c1-2-28-20-9-6-5-8-17(20)15-29-23(27)16-11-12-18-19(14-16)24-21-10-4-3-7-13-25(21)22(18)26/h5-6,8-9,11-12,14H,2-4,7,10,13,15H2,1H3. The van der Waals surface area contributed by atoms with E-state index in [4.69, 9.17) is 9.47 Å². The molecule has 0 saturated carbocycles. The topological polar surface area (TPSA) is 70.4 Å². The Morgan fingerprint density at radius 3 is 2.86 bits per heavy atom. The van der Waals surface area contributed by atoms with Crippen LogP contribution in [0.2, 0.25) is 0 Å². The number of rotatable bonds is 5. The normalized spacial score (nSPS) is 13.6. The van der Waals surface area contributed by atoms with Gasteiger partial charge in [0, 0.05) is 18.5 Å². The van der Waals surface area contributed by atoms with E-state index in [0.29, 0.717) is 35.4 Å². The number of para-hydroxylation sites is 1. The molecule has 6 nitrogen and oxygen atoms in total. The van der Waals surface area contributed by atoms with Crippen molar-refractivity contribution < 1.29 is 14.3 Å². The number of benzene rings is 2. The maximum Gasteiger partial charge on any atom is 0.338 e. The number of hydrogen-bond donors (Lipinski definition) is 0. The molecule has 0 unspecified atom stereocenters. The Kier molecular flexibility index (Phi) is 5.60. The van der Waals surface area contributed by atoms with Crippen molar-refractivity contribution >= 4 is 16.9 Å². The second-order valence-corrected chi connectivity index (χ2v) is 7.14. The molecular formula is C23H24N2O4. The maximum absolute atomic E-state index is 12.8. The average molecular weight is 392 g/mol. The van der Waals surface area contributed by atoms with Crippen LogP contribution in [0.25, 0.3) is 10.9 Å². The maximum atomic E-state index is 12.8. The molecule has 1 aromatic heterocycles. The molecule has 150 valence electrons. The lowest BCUT2D eigenvalue weighted by Crippen LogP contribution is -2.24. The molecular weight excluding hydrogens is 368 g/mol. The number of aromatic nitrogens is 2. The summed E-state index contributed by atoms with van der Waals surface area (Å²) in [5, 5.41) is 0.536. The van der Waals surface area contributed by atoms with Gasteiger partial charge in [0.1, 0.15) is 18.2 Å². The van der Waals surface area contributed by atoms with Crippen LogP contribution in [0.4, 0.5) is 0 Å². The van der Waals surface area contributed by atoms with Gasteiger partial charge in [0.25, 0.3) is 5.56 Å². The molecule has 0 bridgehead atoms. The molecule has 2 heterocycles. The largest absolute Gasteiger partial charge is 0.493 e. The van der Waals surface area contributed by atoms with Crippen molar-refractivity contribution in [1.82, 2.24) is 9.55 Å². The van der Waals surface area contributed by atoms with Crippen molar-refractivity contribution in [1.29, 1.82) is 0 Å². The summed E-state index contributed by atoms with van der Waals surface area (Å²) in [4.78, 5) is 30.1. The molecule has 0 N–H and O–H groups in total. The lowest BCUT2D eigenvalue weighted by molar-refractivity contribution is 0.0470. The average Bonchev–Trinajstić information content (AvgIpc) is 2.98. The minimum atomic E-state index is -0.449. The van der Waals surface area contributed by atoms with Gasteiger partial charge in [-0.3, -0.25) is 9.36 Å². The monoisotopic (exact) mass is 392 g/mol. The molecule has 0 aliphatic carbocycles. The van der Waals surface area contributed by atoms with Gasteiger partial charge < -0.3 is 9.47 Å². The molecule has 29 heavy (non-hydrogen) atoms. The summed E-state index contributed by atoms with van der Waals surface area (Å²) in [6.45, 7) is 3.28. The van der Waals surface area contributed by atoms with Crippen LogP contribution in [-0.2, 0) is 24.3 Å². The summed E-state index contributed by atoms with van der Waals surface area (Å²) in [6.07, 6.45) is 3.90. The third kappa shape index (κ3) is 4.01. The first-order chi connectivity index (χ1) is 14.2. The highest BCUT2D eigenvalue weighted by molar-refractivity contribution is 5.94. The molecule has 0 spiro atoms. The van der Waals surface area contributed by atoms with Gasteiger partial charge in [0.05, 0.1) is 23.1 Å². The summed E-state index contributed by atoms with van der Waals surface area (Å²) < 4.78 is 12.8. The zero-order valence-corrected chi connectivity index (χ0v) is 16.5. The Morgan fingerprint density at radius 1 is 1.14 bits per heavy atom. The molecule has 4 rings (SSSR count). The number of carbonyl (C=O) groups is 1. The van der Waals surface area contributed by atoms with E-state index in [1.165, 1.54) is 0 Å². The molecule has 6 heteroatoms. The lowest BCUT2D eigenvalue weighted by atomic mass is 10.1. The minimum absolute atomic E-state index is 0.0301. The smallest absolute Gasteiger partial charge is 0.338 e. The molecule has 2 aromatic carbocycles. The highest BCUT2D eigenvalue weighted by Crippen LogP contribution is 2.20. The second kappa shape index (κ2) is 8.47. The van der Waals surface area contributed by atoms with E-state index >= 15 is 0 Å². The van der Waals surface area contributed by atoms with Crippen LogP contribution in [0.1, 0.15) is 47.9 Å². The van der Waals surface area contributed by atoms with Crippen molar-refractivity contribution in [2.45, 2.75) is 45.8 Å². The van der Waals surface area contributed by atoms with Gasteiger partial charge in [-0.1, -0.05) is 24.6 Å². The van der Waals surface area contributed by atoms with E-state index in [0.717, 1.165) is 37.1 Å². The van der Waals surface area contributed by atoms with Crippen molar-refractivity contribution in [3.8, 4) is 5.75 Å². The van der Waals surface area contributed by atoms with Crippen molar-refractivity contribution in [2.24, 2.45) is 0 Å². The Hall–Kier alpha value is -3.15. The second-order valence-electron chi connectivity index (χ2n) is 7.14. The summed E-state index contributed by atoms with van der Waals surface area (Å²) in [6, 6.07) is 12.4. The number of fused-ring (bicyclic) bond motifs is 2. The lowest BCUT2D eigenvalue weighted by Gasteiger charge is -2.12. The fourth-order valence-corrected chi connectivity index (χ4v) is 3.69. The Bertz CT molecular complexity index is 1100. The van der Waals surface area contributed by atoms with E-state index in [1.807, 2.05) is 31.2 Å². The summed E-state index contributed by atoms with van der Waals surface area (Å²) >= 11 is 0. The predicted octanol–water partition coefficient (Wildman–Crippen LogP) is 3.88. The van der Waals surface area contributed by atoms with Gasteiger partial charge >= 0.3 is 5.97 Å². The number of esters is 1. The van der Waals surface area contributed by atoms with E-state index in [-0.39, 0.29) is 12.2 Å². The van der Waals surface area contributed by atoms with Crippen LogP contribution >= 0.6 is 0 Å². The first-order valence-corrected chi connectivity index (χ1v) is 10.1. The fourth-order valence-electron chi connectivity index (χ4n) is 3.69. The molecule has 0 atom stereocenters. The van der Waals surface area contributed by atoms with E-state index in [9.17, 15) is 9.59 Å². The van der Waals surface area contributed by atoms with E-state index in [1.54, 1.807) is 22.8 Å². The SMILES string of the molecule is CCOc1ccccc1COC(=O)c1ccc2c(=O)n3c(nc2c1)CCCCC3. The van der Waals surface area contributed by atoms with E-state index in [2.05, 4.69) is 4.98 Å². The molecule has 0 amide bonds. The minimum Gasteiger partial charge on any atom is -0.493 e. The number of aryl methyl sites for hydroxylation is 1. The molecule has 1 aliphatic rings. The first-order valence-electron chi connectivity index (χ1n) is 10.1. The van der Waals surface area contributed by atoms with Crippen molar-refractivity contribution in [3.63, 3.8) is 0 Å². The Balaban J connectivity index is 1.58. The van der Waals surface area contributed by atoms with Gasteiger partial charge in [0.15, 0.2) is 0 Å². The van der Waals surface area contributed by atoms with Gasteiger partial charge in [-0.05, 0) is 44.0 Å². The number of carbonyl (C=O) groups excluding carboxylic acids is 1. The van der Waals surface area contributed by atoms with Crippen molar-refractivity contribution in [2.75, 3.05) is 6.61 Å². The van der Waals surface area contributed by atoms with Gasteiger partial charge in [0.2, 0.25) is 0 Å². The number of nitrogens with zero attached hydrogens (tertiary/aromatic N) is 2. The summed E-state index contributed by atoms with van der Waals surface area (Å²) in [5.74, 6) is 1.06. The molecule has 1 aliphatic heterocycles. The number of ether oxygens (including phenoxy) is 2. The van der Waals surface area contributed by atoms with Gasteiger partial charge in [-0.15, -0.1) is 0 Å². The zero-order valence-electron chi connectivity index (χ0n) is 16.5. The highest BCUT2D eigenvalue weighted by Gasteiger charge is 2.16. The van der Waals surface area contributed by atoms with Crippen molar-refractivity contribution in [3.05, 3.63) is 69.8 Å². The van der Waals surface area contributed by atoms with Gasteiger partial charge in [-0.2, -0.15) is 0 Å². The third-order valence-electron chi connectivity index (χ3n) is 5.18. The molecule has 0 radical (unpaired) electrons. The van der Waals surface area contributed by atoms with Crippen LogP contribution in [0.3, 0.4) is 0 Å². The van der Waals surface area contributed by atoms with Crippen LogP contribution in [0, 0.1) is 0 Å². The predicted molar refractivity (Wildman–Crippen MR) is 110 cm³/mol. The van der Waals surface area contributed by atoms with Crippen LogP contribution in [-0.4, -0.2) is 22.1 Å². The molecule has 3 aromatic rings. The Labute approximate surface area is 169 Å². The molecule has 0 saturated heterocycles. The zero-order chi connectivity index (χ0) is 20.2. The van der Waals surface area contributed by atoms with Crippen LogP contribution < -0.4 is 10.3 Å². The molecule has 0 fully saturated rings. The van der Waals surface area contributed by atoms with Gasteiger partial charge in [-0.25, -0.2) is 9.78 Å². The summed E-state index contributed by atoms with van der Waals surface area (Å²) in [7, 11) is 0. The Morgan fingerprint density at radius 2 is 2.00 bits per heavy atom. The van der Waals surface area contributed by atoms with Crippen LogP contribution in [0.15, 0.2) is 47.3 Å². The first kappa shape index (κ1) is 19.2. The summed E-state index contributed by atoms with van der Waals surface area (Å²) in [5.41, 5.74) is 1.71. The fraction of sp³-hybridized carbons (Fsp3) is 0.348. The third-order valence-corrected chi connectivity index (χ3v) is 5.18. The number of hydrogen-bond acceptors (Lipinski definition) is 5. The van der Waals surface area contributed by atoms with E-state index < -0.39 is 5.97 Å². The van der Waals surface area contributed by atoms with Crippen LogP contribution in [0.5, 0.6) is 5.75 Å².